The number of nitrogens with one attached hydrogen (secondary N) is 1. The van der Waals surface area contributed by atoms with Gasteiger partial charge in [-0.1, -0.05) is 30.3 Å². The average Bonchev–Trinajstić information content (AvgIpc) is 2.56. The molecule has 114 valence electrons. The first-order valence-electron chi connectivity index (χ1n) is 7.50. The summed E-state index contributed by atoms with van der Waals surface area (Å²) in [5.74, 6) is 0. The highest BCUT2D eigenvalue weighted by atomic mass is 16.6. The molecule has 5 nitrogen and oxygen atoms in total. The second-order valence-electron chi connectivity index (χ2n) is 5.52. The van der Waals surface area contributed by atoms with Gasteiger partial charge in [-0.25, -0.2) is 0 Å². The Morgan fingerprint density at radius 3 is 2.77 bits per heavy atom. The van der Waals surface area contributed by atoms with Crippen LogP contribution < -0.4 is 10.2 Å². The van der Waals surface area contributed by atoms with Gasteiger partial charge in [0.1, 0.15) is 0 Å². The Labute approximate surface area is 129 Å². The topological polar surface area (TPSA) is 58.4 Å². The molecule has 3 rings (SSSR count). The maximum atomic E-state index is 10.9. The van der Waals surface area contributed by atoms with Crippen LogP contribution in [0.5, 0.6) is 0 Å². The first kappa shape index (κ1) is 14.5. The SMILES string of the molecule is O=[N+]([O-])c1cccc(CC2CNCCN2c2ccccc2)c1. The zero-order chi connectivity index (χ0) is 15.4. The van der Waals surface area contributed by atoms with E-state index in [0.717, 1.165) is 31.6 Å². The van der Waals surface area contributed by atoms with Gasteiger partial charge in [0.05, 0.1) is 4.92 Å². The third-order valence-corrected chi connectivity index (χ3v) is 4.03. The van der Waals surface area contributed by atoms with Crippen molar-refractivity contribution in [1.29, 1.82) is 0 Å². The van der Waals surface area contributed by atoms with E-state index >= 15 is 0 Å². The van der Waals surface area contributed by atoms with Crippen LogP contribution in [0.1, 0.15) is 5.56 Å². The molecule has 5 heteroatoms. The lowest BCUT2D eigenvalue weighted by atomic mass is 10.0. The Balaban J connectivity index is 1.80. The number of anilines is 1. The molecule has 1 aliphatic rings. The van der Waals surface area contributed by atoms with Gasteiger partial charge in [-0.2, -0.15) is 0 Å². The summed E-state index contributed by atoms with van der Waals surface area (Å²) in [6.45, 7) is 2.79. The maximum absolute atomic E-state index is 10.9. The van der Waals surface area contributed by atoms with E-state index < -0.39 is 0 Å². The molecule has 1 unspecified atom stereocenters. The molecule has 1 N–H and O–H groups in total. The van der Waals surface area contributed by atoms with E-state index in [4.69, 9.17) is 0 Å². The lowest BCUT2D eigenvalue weighted by Crippen LogP contribution is -2.52. The van der Waals surface area contributed by atoms with Gasteiger partial charge in [0.2, 0.25) is 0 Å². The molecule has 1 aliphatic heterocycles. The molecule has 0 aliphatic carbocycles. The average molecular weight is 297 g/mol. The Kier molecular flexibility index (Phi) is 4.34. The molecule has 1 heterocycles. The van der Waals surface area contributed by atoms with E-state index in [1.807, 2.05) is 24.3 Å². The molecule has 0 aromatic heterocycles. The lowest BCUT2D eigenvalue weighted by molar-refractivity contribution is -0.384. The fourth-order valence-corrected chi connectivity index (χ4v) is 2.97. The van der Waals surface area contributed by atoms with Gasteiger partial charge in [-0.3, -0.25) is 10.1 Å². The minimum Gasteiger partial charge on any atom is -0.366 e. The molecular weight excluding hydrogens is 278 g/mol. The Morgan fingerprint density at radius 2 is 2.00 bits per heavy atom. The van der Waals surface area contributed by atoms with Gasteiger partial charge in [-0.05, 0) is 24.1 Å². The van der Waals surface area contributed by atoms with Crippen LogP contribution in [-0.4, -0.2) is 30.6 Å². The molecule has 0 saturated carbocycles. The molecule has 22 heavy (non-hydrogen) atoms. The number of benzene rings is 2. The lowest BCUT2D eigenvalue weighted by Gasteiger charge is -2.38. The second-order valence-corrected chi connectivity index (χ2v) is 5.52. The largest absolute Gasteiger partial charge is 0.366 e. The van der Waals surface area contributed by atoms with Crippen molar-refractivity contribution in [3.63, 3.8) is 0 Å². The third kappa shape index (κ3) is 3.26. The van der Waals surface area contributed by atoms with Crippen LogP contribution in [0.25, 0.3) is 0 Å². The van der Waals surface area contributed by atoms with Crippen LogP contribution in [0.15, 0.2) is 54.6 Å². The van der Waals surface area contributed by atoms with E-state index in [1.54, 1.807) is 12.1 Å². The normalized spacial score (nSPS) is 18.2. The summed E-state index contributed by atoms with van der Waals surface area (Å²) in [5.41, 5.74) is 2.37. The van der Waals surface area contributed by atoms with E-state index in [0.29, 0.717) is 6.04 Å². The molecule has 2 aromatic rings. The summed E-state index contributed by atoms with van der Waals surface area (Å²) in [6.07, 6.45) is 0.795. The fourth-order valence-electron chi connectivity index (χ4n) is 2.97. The Bertz CT molecular complexity index is 645. The number of hydrogen-bond acceptors (Lipinski definition) is 4. The van der Waals surface area contributed by atoms with E-state index in [1.165, 1.54) is 11.8 Å². The van der Waals surface area contributed by atoms with Crippen molar-refractivity contribution in [2.45, 2.75) is 12.5 Å². The smallest absolute Gasteiger partial charge is 0.269 e. The minimum absolute atomic E-state index is 0.160. The fraction of sp³-hybridized carbons (Fsp3) is 0.294. The molecule has 1 fully saturated rings. The van der Waals surface area contributed by atoms with Crippen LogP contribution in [-0.2, 0) is 6.42 Å². The van der Waals surface area contributed by atoms with Crippen molar-refractivity contribution < 1.29 is 4.92 Å². The highest BCUT2D eigenvalue weighted by Gasteiger charge is 2.23. The molecular formula is C17H19N3O2. The van der Waals surface area contributed by atoms with Crippen LogP contribution in [0, 0.1) is 10.1 Å². The van der Waals surface area contributed by atoms with Gasteiger partial charge in [-0.15, -0.1) is 0 Å². The van der Waals surface area contributed by atoms with Gasteiger partial charge < -0.3 is 10.2 Å². The highest BCUT2D eigenvalue weighted by molar-refractivity contribution is 5.48. The Hall–Kier alpha value is -2.40. The quantitative estimate of drug-likeness (QED) is 0.696. The van der Waals surface area contributed by atoms with Gasteiger partial charge >= 0.3 is 0 Å². The number of para-hydroxylation sites is 1. The van der Waals surface area contributed by atoms with Gasteiger partial charge in [0.25, 0.3) is 5.69 Å². The minimum atomic E-state index is -0.336. The standard InChI is InChI=1S/C17H19N3O2/c21-20(22)16-8-4-5-14(11-16)12-17-13-18-9-10-19(17)15-6-2-1-3-7-15/h1-8,11,17-18H,9-10,12-13H2. The summed E-state index contributed by atoms with van der Waals surface area (Å²) >= 11 is 0. The summed E-state index contributed by atoms with van der Waals surface area (Å²) in [5, 5.41) is 14.3. The number of non-ortho nitro benzene ring substituents is 1. The predicted octanol–water partition coefficient (Wildman–Crippen LogP) is 2.62. The molecule has 2 aromatic carbocycles. The first-order valence-corrected chi connectivity index (χ1v) is 7.50. The molecule has 0 bridgehead atoms. The number of piperazine rings is 1. The van der Waals surface area contributed by atoms with Gasteiger partial charge in [0.15, 0.2) is 0 Å². The zero-order valence-electron chi connectivity index (χ0n) is 12.3. The first-order chi connectivity index (χ1) is 10.7. The molecule has 0 radical (unpaired) electrons. The monoisotopic (exact) mass is 297 g/mol. The third-order valence-electron chi connectivity index (χ3n) is 4.03. The summed E-state index contributed by atoms with van der Waals surface area (Å²) in [7, 11) is 0. The van der Waals surface area contributed by atoms with Crippen LogP contribution in [0.3, 0.4) is 0 Å². The number of nitro groups is 1. The number of rotatable bonds is 4. The van der Waals surface area contributed by atoms with Crippen LogP contribution in [0.4, 0.5) is 11.4 Å². The summed E-state index contributed by atoms with van der Waals surface area (Å²) in [4.78, 5) is 13.0. The highest BCUT2D eigenvalue weighted by Crippen LogP contribution is 2.22. The van der Waals surface area contributed by atoms with Crippen molar-refractivity contribution in [3.05, 3.63) is 70.3 Å². The van der Waals surface area contributed by atoms with Crippen molar-refractivity contribution in [1.82, 2.24) is 5.32 Å². The summed E-state index contributed by atoms with van der Waals surface area (Å²) < 4.78 is 0. The number of hydrogen-bond donors (Lipinski definition) is 1. The van der Waals surface area contributed by atoms with Crippen molar-refractivity contribution in [2.24, 2.45) is 0 Å². The second kappa shape index (κ2) is 6.58. The molecule has 0 amide bonds. The maximum Gasteiger partial charge on any atom is 0.269 e. The van der Waals surface area contributed by atoms with Crippen molar-refractivity contribution >= 4 is 11.4 Å². The zero-order valence-corrected chi connectivity index (χ0v) is 12.3. The summed E-state index contributed by atoms with van der Waals surface area (Å²) in [6, 6.07) is 17.6. The molecule has 1 atom stereocenters. The molecule has 0 spiro atoms. The number of nitrogens with zero attached hydrogens (tertiary/aromatic N) is 2. The van der Waals surface area contributed by atoms with E-state index in [9.17, 15) is 10.1 Å². The van der Waals surface area contributed by atoms with Crippen LogP contribution >= 0.6 is 0 Å². The molecule has 1 saturated heterocycles. The van der Waals surface area contributed by atoms with E-state index in [2.05, 4.69) is 22.3 Å². The van der Waals surface area contributed by atoms with Crippen molar-refractivity contribution in [3.8, 4) is 0 Å². The Morgan fingerprint density at radius 1 is 1.18 bits per heavy atom. The predicted molar refractivity (Wildman–Crippen MR) is 87.2 cm³/mol. The van der Waals surface area contributed by atoms with Crippen LogP contribution in [0.2, 0.25) is 0 Å². The van der Waals surface area contributed by atoms with Crippen molar-refractivity contribution in [2.75, 3.05) is 24.5 Å². The van der Waals surface area contributed by atoms with Gasteiger partial charge in [0, 0.05) is 43.5 Å². The number of nitro benzene ring substituents is 1. The van der Waals surface area contributed by atoms with E-state index in [-0.39, 0.29) is 10.6 Å².